The fourth-order valence-corrected chi connectivity index (χ4v) is 1.42. The van der Waals surface area contributed by atoms with Gasteiger partial charge in [0, 0.05) is 12.5 Å². The van der Waals surface area contributed by atoms with Crippen molar-refractivity contribution in [3.8, 4) is 11.5 Å². The van der Waals surface area contributed by atoms with E-state index in [0.29, 0.717) is 17.7 Å². The minimum atomic E-state index is -2.87. The number of benzene rings is 1. The van der Waals surface area contributed by atoms with Gasteiger partial charge in [-0.05, 0) is 12.1 Å². The number of Topliss-reactive ketones (excluding diaryl/α,β-unsaturated/α-hetero) is 1. The summed E-state index contributed by atoms with van der Waals surface area (Å²) < 4.78 is 33.2. The summed E-state index contributed by atoms with van der Waals surface area (Å²) in [7, 11) is 0. The molecular formula is C10H8F2O3. The number of halogens is 2. The van der Waals surface area contributed by atoms with Crippen molar-refractivity contribution in [2.24, 2.45) is 0 Å². The van der Waals surface area contributed by atoms with E-state index in [1.54, 1.807) is 0 Å². The molecule has 0 N–H and O–H groups in total. The molecule has 1 aromatic carbocycles. The molecule has 0 aliphatic carbocycles. The minimum absolute atomic E-state index is 0.00144. The second-order valence-corrected chi connectivity index (χ2v) is 3.06. The average Bonchev–Trinajstić information content (AvgIpc) is 2.17. The largest absolute Gasteiger partial charge is 0.492 e. The highest BCUT2D eigenvalue weighted by Gasteiger charge is 2.19. The van der Waals surface area contributed by atoms with Crippen LogP contribution in [0.1, 0.15) is 16.8 Å². The van der Waals surface area contributed by atoms with Crippen molar-refractivity contribution in [2.45, 2.75) is 13.0 Å². The molecule has 0 amide bonds. The predicted octanol–water partition coefficient (Wildman–Crippen LogP) is 2.25. The van der Waals surface area contributed by atoms with Crippen LogP contribution in [0.15, 0.2) is 18.2 Å². The van der Waals surface area contributed by atoms with Gasteiger partial charge in [-0.3, -0.25) is 4.79 Å². The number of ether oxygens (including phenoxy) is 2. The Morgan fingerprint density at radius 1 is 1.40 bits per heavy atom. The maximum atomic E-state index is 11.9. The molecule has 3 nitrogen and oxygen atoms in total. The van der Waals surface area contributed by atoms with E-state index >= 15 is 0 Å². The summed E-state index contributed by atoms with van der Waals surface area (Å²) in [5, 5.41) is 0. The Hall–Kier alpha value is -1.65. The molecule has 0 aromatic heterocycles. The van der Waals surface area contributed by atoms with Crippen LogP contribution >= 0.6 is 0 Å². The molecule has 0 atom stereocenters. The Morgan fingerprint density at radius 2 is 2.20 bits per heavy atom. The molecule has 1 aliphatic rings. The van der Waals surface area contributed by atoms with Crippen molar-refractivity contribution in [1.29, 1.82) is 0 Å². The van der Waals surface area contributed by atoms with Gasteiger partial charge in [0.2, 0.25) is 0 Å². The zero-order valence-electron chi connectivity index (χ0n) is 7.70. The minimum Gasteiger partial charge on any atom is -0.492 e. The third kappa shape index (κ3) is 2.06. The first kappa shape index (κ1) is 9.89. The highest BCUT2D eigenvalue weighted by molar-refractivity contribution is 5.99. The molecule has 5 heteroatoms. The highest BCUT2D eigenvalue weighted by atomic mass is 19.3. The summed E-state index contributed by atoms with van der Waals surface area (Å²) in [5.41, 5.74) is 0.419. The van der Waals surface area contributed by atoms with E-state index in [-0.39, 0.29) is 18.1 Å². The monoisotopic (exact) mass is 214 g/mol. The van der Waals surface area contributed by atoms with Gasteiger partial charge in [-0.15, -0.1) is 0 Å². The van der Waals surface area contributed by atoms with Gasteiger partial charge in [0.05, 0.1) is 12.2 Å². The molecule has 0 unspecified atom stereocenters. The predicted molar refractivity (Wildman–Crippen MR) is 47.5 cm³/mol. The van der Waals surface area contributed by atoms with E-state index in [0.717, 1.165) is 0 Å². The van der Waals surface area contributed by atoms with E-state index in [9.17, 15) is 13.6 Å². The lowest BCUT2D eigenvalue weighted by atomic mass is 10.1. The number of carbonyl (C=O) groups is 1. The second kappa shape index (κ2) is 3.84. The van der Waals surface area contributed by atoms with Crippen LogP contribution < -0.4 is 9.47 Å². The molecule has 0 spiro atoms. The van der Waals surface area contributed by atoms with E-state index in [2.05, 4.69) is 4.74 Å². The smallest absolute Gasteiger partial charge is 0.387 e. The van der Waals surface area contributed by atoms with Crippen LogP contribution in [0.3, 0.4) is 0 Å². The van der Waals surface area contributed by atoms with Crippen LogP contribution in [0, 0.1) is 0 Å². The van der Waals surface area contributed by atoms with Gasteiger partial charge >= 0.3 is 6.61 Å². The Morgan fingerprint density at radius 3 is 2.93 bits per heavy atom. The number of alkyl halides is 2. The lowest BCUT2D eigenvalue weighted by molar-refractivity contribution is -0.0499. The van der Waals surface area contributed by atoms with E-state index in [1.165, 1.54) is 18.2 Å². The molecule has 2 rings (SSSR count). The number of fused-ring (bicyclic) bond motifs is 1. The molecule has 15 heavy (non-hydrogen) atoms. The lowest BCUT2D eigenvalue weighted by Crippen LogP contribution is -2.15. The molecule has 0 radical (unpaired) electrons. The molecule has 0 fully saturated rings. The van der Waals surface area contributed by atoms with Gasteiger partial charge in [-0.1, -0.05) is 0 Å². The number of rotatable bonds is 2. The van der Waals surface area contributed by atoms with E-state index < -0.39 is 6.61 Å². The number of carbonyl (C=O) groups excluding carboxylic acids is 1. The van der Waals surface area contributed by atoms with Gasteiger partial charge in [0.1, 0.15) is 11.5 Å². The van der Waals surface area contributed by atoms with Crippen molar-refractivity contribution in [1.82, 2.24) is 0 Å². The van der Waals surface area contributed by atoms with Crippen molar-refractivity contribution < 1.29 is 23.0 Å². The van der Waals surface area contributed by atoms with E-state index in [4.69, 9.17) is 4.74 Å². The Labute approximate surface area is 84.6 Å². The quantitative estimate of drug-likeness (QED) is 0.757. The SMILES string of the molecule is O=C1CCOc2cc(OC(F)F)ccc21. The molecule has 1 aromatic rings. The molecule has 1 aliphatic heterocycles. The van der Waals surface area contributed by atoms with E-state index in [1.807, 2.05) is 0 Å². The number of hydrogen-bond acceptors (Lipinski definition) is 3. The van der Waals surface area contributed by atoms with Crippen molar-refractivity contribution in [2.75, 3.05) is 6.61 Å². The van der Waals surface area contributed by atoms with Gasteiger partial charge < -0.3 is 9.47 Å². The summed E-state index contributed by atoms with van der Waals surface area (Å²) in [6, 6.07) is 4.07. The van der Waals surface area contributed by atoms with Gasteiger partial charge in [0.25, 0.3) is 0 Å². The molecule has 0 bridgehead atoms. The van der Waals surface area contributed by atoms with Gasteiger partial charge in [-0.2, -0.15) is 8.78 Å². The summed E-state index contributed by atoms with van der Waals surface area (Å²) >= 11 is 0. The first-order valence-electron chi connectivity index (χ1n) is 4.41. The van der Waals surface area contributed by atoms with Crippen molar-refractivity contribution in [3.05, 3.63) is 23.8 Å². The highest BCUT2D eigenvalue weighted by Crippen LogP contribution is 2.29. The Kier molecular flexibility index (Phi) is 2.53. The molecule has 1 heterocycles. The average molecular weight is 214 g/mol. The third-order valence-electron chi connectivity index (χ3n) is 2.07. The maximum absolute atomic E-state index is 11.9. The van der Waals surface area contributed by atoms with Crippen LogP contribution in [0.2, 0.25) is 0 Å². The zero-order chi connectivity index (χ0) is 10.8. The Bertz CT molecular complexity index is 390. The maximum Gasteiger partial charge on any atom is 0.387 e. The van der Waals surface area contributed by atoms with Crippen molar-refractivity contribution in [3.63, 3.8) is 0 Å². The van der Waals surface area contributed by atoms with Crippen LogP contribution in [-0.2, 0) is 0 Å². The summed E-state index contributed by atoms with van der Waals surface area (Å²) in [6.07, 6.45) is 0.321. The fraction of sp³-hybridized carbons (Fsp3) is 0.300. The summed E-state index contributed by atoms with van der Waals surface area (Å²) in [5.74, 6) is 0.266. The normalized spacial score (nSPS) is 14.7. The molecule has 0 saturated carbocycles. The first-order chi connectivity index (χ1) is 7.16. The first-order valence-corrected chi connectivity index (χ1v) is 4.41. The van der Waals surface area contributed by atoms with Crippen LogP contribution in [0.4, 0.5) is 8.78 Å². The molecular weight excluding hydrogens is 206 g/mol. The fourth-order valence-electron chi connectivity index (χ4n) is 1.42. The number of hydrogen-bond donors (Lipinski definition) is 0. The summed E-state index contributed by atoms with van der Waals surface area (Å²) in [4.78, 5) is 11.4. The second-order valence-electron chi connectivity index (χ2n) is 3.06. The third-order valence-corrected chi connectivity index (χ3v) is 2.07. The topological polar surface area (TPSA) is 35.5 Å². The lowest BCUT2D eigenvalue weighted by Gasteiger charge is -2.16. The zero-order valence-corrected chi connectivity index (χ0v) is 7.70. The molecule has 80 valence electrons. The van der Waals surface area contributed by atoms with Gasteiger partial charge in [-0.25, -0.2) is 0 Å². The summed E-state index contributed by atoms with van der Waals surface area (Å²) in [6.45, 7) is -2.59. The molecule has 0 saturated heterocycles. The Balaban J connectivity index is 2.29. The van der Waals surface area contributed by atoms with Crippen LogP contribution in [0.25, 0.3) is 0 Å². The number of ketones is 1. The standard InChI is InChI=1S/C10H8F2O3/c11-10(12)15-6-1-2-7-8(13)3-4-14-9(7)5-6/h1-2,5,10H,3-4H2. The van der Waals surface area contributed by atoms with Gasteiger partial charge in [0.15, 0.2) is 5.78 Å². The van der Waals surface area contributed by atoms with Crippen LogP contribution in [0.5, 0.6) is 11.5 Å². The van der Waals surface area contributed by atoms with Crippen LogP contribution in [-0.4, -0.2) is 19.0 Å². The van der Waals surface area contributed by atoms with Crippen molar-refractivity contribution >= 4 is 5.78 Å².